The van der Waals surface area contributed by atoms with Crippen LogP contribution in [-0.2, 0) is 6.54 Å². The number of rotatable bonds is 5. The summed E-state index contributed by atoms with van der Waals surface area (Å²) >= 11 is 0. The molecule has 0 spiro atoms. The normalized spacial score (nSPS) is 12.4. The molecule has 0 aromatic carbocycles. The monoisotopic (exact) mass is 190 g/mol. The molecule has 0 aliphatic heterocycles. The van der Waals surface area contributed by atoms with Gasteiger partial charge in [0.1, 0.15) is 0 Å². The van der Waals surface area contributed by atoms with E-state index in [-0.39, 0.29) is 0 Å². The SMILES string of the molecule is C=CCC(C)NCc1cccc(C)n1. The van der Waals surface area contributed by atoms with Gasteiger partial charge in [-0.15, -0.1) is 6.58 Å². The molecule has 2 heteroatoms. The van der Waals surface area contributed by atoms with Crippen molar-refractivity contribution in [1.29, 1.82) is 0 Å². The van der Waals surface area contributed by atoms with E-state index in [0.29, 0.717) is 6.04 Å². The number of nitrogens with one attached hydrogen (secondary N) is 1. The van der Waals surface area contributed by atoms with Crippen molar-refractivity contribution in [3.05, 3.63) is 42.2 Å². The molecule has 1 heterocycles. The lowest BCUT2D eigenvalue weighted by Gasteiger charge is -2.10. The Hall–Kier alpha value is -1.15. The van der Waals surface area contributed by atoms with Gasteiger partial charge in [0.15, 0.2) is 0 Å². The molecule has 0 aliphatic carbocycles. The van der Waals surface area contributed by atoms with Crippen LogP contribution < -0.4 is 5.32 Å². The van der Waals surface area contributed by atoms with Gasteiger partial charge in [-0.2, -0.15) is 0 Å². The van der Waals surface area contributed by atoms with Gasteiger partial charge in [0.2, 0.25) is 0 Å². The summed E-state index contributed by atoms with van der Waals surface area (Å²) in [5.74, 6) is 0. The van der Waals surface area contributed by atoms with Crippen molar-refractivity contribution >= 4 is 0 Å². The Bertz CT molecular complexity index is 294. The lowest BCUT2D eigenvalue weighted by molar-refractivity contribution is 0.547. The molecule has 0 bridgehead atoms. The minimum absolute atomic E-state index is 0.467. The van der Waals surface area contributed by atoms with Crippen LogP contribution in [0.5, 0.6) is 0 Å². The van der Waals surface area contributed by atoms with Gasteiger partial charge in [-0.25, -0.2) is 0 Å². The van der Waals surface area contributed by atoms with Crippen LogP contribution in [-0.4, -0.2) is 11.0 Å². The molecule has 0 saturated carbocycles. The van der Waals surface area contributed by atoms with Crippen LogP contribution in [0.25, 0.3) is 0 Å². The molecule has 1 aromatic heterocycles. The van der Waals surface area contributed by atoms with Gasteiger partial charge in [0.05, 0.1) is 5.69 Å². The molecule has 0 aliphatic rings. The molecule has 76 valence electrons. The summed E-state index contributed by atoms with van der Waals surface area (Å²) in [5.41, 5.74) is 2.17. The number of aromatic nitrogens is 1. The Labute approximate surface area is 86.1 Å². The predicted octanol–water partition coefficient (Wildman–Crippen LogP) is 2.44. The Morgan fingerprint density at radius 3 is 3.00 bits per heavy atom. The van der Waals surface area contributed by atoms with Crippen LogP contribution in [0, 0.1) is 6.92 Å². The quantitative estimate of drug-likeness (QED) is 0.721. The maximum Gasteiger partial charge on any atom is 0.0544 e. The minimum atomic E-state index is 0.467. The fourth-order valence-electron chi connectivity index (χ4n) is 1.31. The van der Waals surface area contributed by atoms with Crippen molar-refractivity contribution in [2.45, 2.75) is 32.9 Å². The summed E-state index contributed by atoms with van der Waals surface area (Å²) < 4.78 is 0. The molecule has 0 fully saturated rings. The number of pyridine rings is 1. The van der Waals surface area contributed by atoms with Crippen molar-refractivity contribution in [2.75, 3.05) is 0 Å². The number of hydrogen-bond donors (Lipinski definition) is 1. The first kappa shape index (κ1) is 10.9. The van der Waals surface area contributed by atoms with Gasteiger partial charge in [0.25, 0.3) is 0 Å². The number of nitrogens with zero attached hydrogens (tertiary/aromatic N) is 1. The third-order valence-electron chi connectivity index (χ3n) is 2.10. The van der Waals surface area contributed by atoms with Crippen molar-refractivity contribution in [1.82, 2.24) is 10.3 Å². The molecule has 0 saturated heterocycles. The van der Waals surface area contributed by atoms with Crippen molar-refractivity contribution in [2.24, 2.45) is 0 Å². The highest BCUT2D eigenvalue weighted by Crippen LogP contribution is 1.99. The van der Waals surface area contributed by atoms with E-state index in [1.165, 1.54) is 0 Å². The molecule has 1 rings (SSSR count). The van der Waals surface area contributed by atoms with E-state index in [0.717, 1.165) is 24.4 Å². The number of aryl methyl sites for hydroxylation is 1. The van der Waals surface area contributed by atoms with Gasteiger partial charge in [-0.3, -0.25) is 4.98 Å². The van der Waals surface area contributed by atoms with Gasteiger partial charge in [-0.1, -0.05) is 12.1 Å². The Morgan fingerprint density at radius 1 is 1.57 bits per heavy atom. The van der Waals surface area contributed by atoms with E-state index in [2.05, 4.69) is 23.8 Å². The van der Waals surface area contributed by atoms with Gasteiger partial charge in [-0.05, 0) is 32.4 Å². The third-order valence-corrected chi connectivity index (χ3v) is 2.10. The molecule has 0 amide bonds. The second-order valence-electron chi connectivity index (χ2n) is 3.58. The second kappa shape index (κ2) is 5.55. The van der Waals surface area contributed by atoms with Gasteiger partial charge >= 0.3 is 0 Å². The lowest BCUT2D eigenvalue weighted by Crippen LogP contribution is -2.25. The summed E-state index contributed by atoms with van der Waals surface area (Å²) in [7, 11) is 0. The Morgan fingerprint density at radius 2 is 2.36 bits per heavy atom. The van der Waals surface area contributed by atoms with Gasteiger partial charge < -0.3 is 5.32 Å². The summed E-state index contributed by atoms with van der Waals surface area (Å²) in [6, 6.07) is 6.56. The third kappa shape index (κ3) is 3.71. The van der Waals surface area contributed by atoms with Crippen molar-refractivity contribution in [3.63, 3.8) is 0 Å². The zero-order valence-electron chi connectivity index (χ0n) is 8.96. The largest absolute Gasteiger partial charge is 0.308 e. The summed E-state index contributed by atoms with van der Waals surface area (Å²) in [4.78, 5) is 4.42. The second-order valence-corrected chi connectivity index (χ2v) is 3.58. The minimum Gasteiger partial charge on any atom is -0.308 e. The summed E-state index contributed by atoms with van der Waals surface area (Å²) in [6.07, 6.45) is 2.92. The molecular weight excluding hydrogens is 172 g/mol. The molecule has 14 heavy (non-hydrogen) atoms. The standard InChI is InChI=1S/C12H18N2/c1-4-6-10(2)13-9-12-8-5-7-11(3)14-12/h4-5,7-8,10,13H,1,6,9H2,2-3H3. The lowest BCUT2D eigenvalue weighted by atomic mass is 10.2. The summed E-state index contributed by atoms with van der Waals surface area (Å²) in [6.45, 7) is 8.71. The predicted molar refractivity (Wildman–Crippen MR) is 60.1 cm³/mol. The van der Waals surface area contributed by atoms with E-state index >= 15 is 0 Å². The van der Waals surface area contributed by atoms with E-state index in [1.807, 2.05) is 31.2 Å². The van der Waals surface area contributed by atoms with Crippen LogP contribution in [0.3, 0.4) is 0 Å². The molecule has 1 unspecified atom stereocenters. The topological polar surface area (TPSA) is 24.9 Å². The average Bonchev–Trinajstić information content (AvgIpc) is 2.15. The van der Waals surface area contributed by atoms with Gasteiger partial charge in [0, 0.05) is 18.3 Å². The van der Waals surface area contributed by atoms with E-state index in [9.17, 15) is 0 Å². The van der Waals surface area contributed by atoms with Crippen molar-refractivity contribution < 1.29 is 0 Å². The van der Waals surface area contributed by atoms with Crippen LogP contribution in [0.1, 0.15) is 24.7 Å². The smallest absolute Gasteiger partial charge is 0.0544 e. The molecule has 1 atom stereocenters. The first-order chi connectivity index (χ1) is 6.72. The average molecular weight is 190 g/mol. The van der Waals surface area contributed by atoms with E-state index in [1.54, 1.807) is 0 Å². The first-order valence-corrected chi connectivity index (χ1v) is 4.99. The van der Waals surface area contributed by atoms with Crippen LogP contribution in [0.2, 0.25) is 0 Å². The fourth-order valence-corrected chi connectivity index (χ4v) is 1.31. The van der Waals surface area contributed by atoms with Crippen LogP contribution >= 0.6 is 0 Å². The van der Waals surface area contributed by atoms with Crippen LogP contribution in [0.15, 0.2) is 30.9 Å². The van der Waals surface area contributed by atoms with E-state index < -0.39 is 0 Å². The molecule has 2 nitrogen and oxygen atoms in total. The van der Waals surface area contributed by atoms with Crippen molar-refractivity contribution in [3.8, 4) is 0 Å². The molecular formula is C12H18N2. The Balaban J connectivity index is 2.41. The molecule has 1 N–H and O–H groups in total. The maximum absolute atomic E-state index is 4.42. The number of hydrogen-bond acceptors (Lipinski definition) is 2. The highest BCUT2D eigenvalue weighted by molar-refractivity contribution is 5.09. The highest BCUT2D eigenvalue weighted by Gasteiger charge is 1.99. The molecule has 0 radical (unpaired) electrons. The first-order valence-electron chi connectivity index (χ1n) is 4.99. The highest BCUT2D eigenvalue weighted by atomic mass is 14.9. The fraction of sp³-hybridized carbons (Fsp3) is 0.417. The zero-order valence-corrected chi connectivity index (χ0v) is 8.96. The maximum atomic E-state index is 4.42. The zero-order chi connectivity index (χ0) is 10.4. The van der Waals surface area contributed by atoms with E-state index in [4.69, 9.17) is 0 Å². The Kier molecular flexibility index (Phi) is 4.33. The summed E-state index contributed by atoms with van der Waals surface area (Å²) in [5, 5.41) is 3.39. The van der Waals surface area contributed by atoms with Crippen LogP contribution in [0.4, 0.5) is 0 Å². The molecule has 1 aromatic rings.